The molecule has 2 atom stereocenters. The molecule has 20 heavy (non-hydrogen) atoms. The minimum absolute atomic E-state index is 0.0391. The van der Waals surface area contributed by atoms with E-state index in [1.165, 1.54) is 13.8 Å². The zero-order chi connectivity index (χ0) is 15.7. The number of ketones is 1. The van der Waals surface area contributed by atoms with E-state index in [2.05, 4.69) is 4.74 Å². The van der Waals surface area contributed by atoms with Crippen LogP contribution in [-0.4, -0.2) is 42.0 Å². The average Bonchev–Trinajstić information content (AvgIpc) is 2.36. The van der Waals surface area contributed by atoms with Gasteiger partial charge in [-0.1, -0.05) is 6.92 Å². The maximum absolute atomic E-state index is 11.7. The molecule has 0 aliphatic heterocycles. The third kappa shape index (κ3) is 7.50. The number of carboxylic acid groups (broad SMARTS) is 1. The van der Waals surface area contributed by atoms with Crippen molar-refractivity contribution in [2.24, 2.45) is 11.8 Å². The molecule has 0 saturated carbocycles. The smallest absolute Gasteiger partial charge is 0.309 e. The molecule has 1 N–H and O–H groups in total. The standard InChI is InChI=1S/C13H20O7/c1-4-12(16)10(6-19-8(2)14)5-11(13(17)18)7-20-9(3)15/h10-11H,4-7H2,1-3H3,(H,17,18)/t10-,11+/m1/s1. The van der Waals surface area contributed by atoms with E-state index in [1.54, 1.807) is 6.92 Å². The van der Waals surface area contributed by atoms with Crippen molar-refractivity contribution in [2.45, 2.75) is 33.6 Å². The lowest BCUT2D eigenvalue weighted by molar-refractivity contribution is -0.150. The van der Waals surface area contributed by atoms with Crippen LogP contribution in [0.4, 0.5) is 0 Å². The molecule has 0 heterocycles. The van der Waals surface area contributed by atoms with E-state index >= 15 is 0 Å². The highest BCUT2D eigenvalue weighted by Gasteiger charge is 2.28. The topological polar surface area (TPSA) is 107 Å². The van der Waals surface area contributed by atoms with Gasteiger partial charge in [0.15, 0.2) is 0 Å². The normalized spacial score (nSPS) is 13.2. The first-order chi connectivity index (χ1) is 9.27. The molecule has 0 spiro atoms. The van der Waals surface area contributed by atoms with Crippen molar-refractivity contribution in [3.8, 4) is 0 Å². The van der Waals surface area contributed by atoms with E-state index in [0.29, 0.717) is 0 Å². The van der Waals surface area contributed by atoms with Gasteiger partial charge in [-0.15, -0.1) is 0 Å². The summed E-state index contributed by atoms with van der Waals surface area (Å²) in [6, 6.07) is 0. The minimum atomic E-state index is -1.16. The summed E-state index contributed by atoms with van der Waals surface area (Å²) in [5.74, 6) is -4.20. The third-order valence-corrected chi connectivity index (χ3v) is 2.70. The highest BCUT2D eigenvalue weighted by Crippen LogP contribution is 2.17. The minimum Gasteiger partial charge on any atom is -0.481 e. The Morgan fingerprint density at radius 2 is 1.40 bits per heavy atom. The van der Waals surface area contributed by atoms with Crippen LogP contribution in [0, 0.1) is 11.8 Å². The molecule has 0 aromatic heterocycles. The summed E-state index contributed by atoms with van der Waals surface area (Å²) in [7, 11) is 0. The molecule has 0 bridgehead atoms. The van der Waals surface area contributed by atoms with Gasteiger partial charge in [-0.05, 0) is 6.42 Å². The van der Waals surface area contributed by atoms with E-state index in [4.69, 9.17) is 9.84 Å². The molecule has 0 aliphatic carbocycles. The molecule has 0 aliphatic rings. The summed E-state index contributed by atoms with van der Waals surface area (Å²) >= 11 is 0. The average molecular weight is 288 g/mol. The second-order valence-corrected chi connectivity index (χ2v) is 4.39. The van der Waals surface area contributed by atoms with Crippen LogP contribution in [0.5, 0.6) is 0 Å². The molecule has 0 amide bonds. The fourth-order valence-electron chi connectivity index (χ4n) is 1.60. The fraction of sp³-hybridized carbons (Fsp3) is 0.692. The Bertz CT molecular complexity index is 375. The van der Waals surface area contributed by atoms with Gasteiger partial charge in [-0.3, -0.25) is 19.2 Å². The number of aliphatic carboxylic acids is 1. The van der Waals surface area contributed by atoms with Crippen molar-refractivity contribution in [1.29, 1.82) is 0 Å². The number of esters is 2. The van der Waals surface area contributed by atoms with Gasteiger partial charge in [0.1, 0.15) is 19.0 Å². The van der Waals surface area contributed by atoms with Gasteiger partial charge >= 0.3 is 17.9 Å². The van der Waals surface area contributed by atoms with Gasteiger partial charge in [0.25, 0.3) is 0 Å². The number of hydrogen-bond donors (Lipinski definition) is 1. The van der Waals surface area contributed by atoms with E-state index in [-0.39, 0.29) is 31.8 Å². The SMILES string of the molecule is CCC(=O)[C@@H](COC(C)=O)C[C@@H](COC(C)=O)C(=O)O. The Kier molecular flexibility index (Phi) is 8.19. The maximum Gasteiger partial charge on any atom is 0.309 e. The van der Waals surface area contributed by atoms with Crippen molar-refractivity contribution in [3.63, 3.8) is 0 Å². The Hall–Kier alpha value is -1.92. The lowest BCUT2D eigenvalue weighted by atomic mass is 9.91. The number of carbonyl (C=O) groups excluding carboxylic acids is 3. The van der Waals surface area contributed by atoms with Crippen LogP contribution in [0.3, 0.4) is 0 Å². The molecular formula is C13H20O7. The van der Waals surface area contributed by atoms with Gasteiger partial charge in [0.2, 0.25) is 0 Å². The summed E-state index contributed by atoms with van der Waals surface area (Å²) in [5, 5.41) is 9.06. The van der Waals surface area contributed by atoms with Crippen LogP contribution < -0.4 is 0 Å². The third-order valence-electron chi connectivity index (χ3n) is 2.70. The largest absolute Gasteiger partial charge is 0.481 e. The monoisotopic (exact) mass is 288 g/mol. The number of ether oxygens (including phenoxy) is 2. The van der Waals surface area contributed by atoms with Gasteiger partial charge in [0.05, 0.1) is 11.8 Å². The predicted molar refractivity (Wildman–Crippen MR) is 67.8 cm³/mol. The summed E-state index contributed by atoms with van der Waals surface area (Å²) < 4.78 is 9.44. The molecular weight excluding hydrogens is 268 g/mol. The maximum atomic E-state index is 11.7. The second kappa shape index (κ2) is 9.06. The summed E-state index contributed by atoms with van der Waals surface area (Å²) in [6.45, 7) is 3.56. The van der Waals surface area contributed by atoms with Gasteiger partial charge in [0, 0.05) is 20.3 Å². The van der Waals surface area contributed by atoms with Gasteiger partial charge in [-0.25, -0.2) is 0 Å². The Morgan fingerprint density at radius 1 is 0.950 bits per heavy atom. The number of rotatable bonds is 9. The summed E-state index contributed by atoms with van der Waals surface area (Å²) in [6.07, 6.45) is 0.175. The van der Waals surface area contributed by atoms with Crippen molar-refractivity contribution in [3.05, 3.63) is 0 Å². The molecule has 0 unspecified atom stereocenters. The van der Waals surface area contributed by atoms with Crippen LogP contribution in [0.2, 0.25) is 0 Å². The van der Waals surface area contributed by atoms with Crippen LogP contribution in [0.1, 0.15) is 33.6 Å². The molecule has 0 aromatic rings. The number of carboxylic acids is 1. The molecule has 0 aromatic carbocycles. The van der Waals surface area contributed by atoms with Crippen molar-refractivity contribution in [1.82, 2.24) is 0 Å². The Labute approximate surface area is 117 Å². The number of hydrogen-bond acceptors (Lipinski definition) is 6. The Morgan fingerprint density at radius 3 is 1.75 bits per heavy atom. The molecule has 7 heteroatoms. The van der Waals surface area contributed by atoms with Crippen LogP contribution in [0.15, 0.2) is 0 Å². The number of Topliss-reactive ketones (excluding diaryl/α,β-unsaturated/α-hetero) is 1. The molecule has 0 radical (unpaired) electrons. The zero-order valence-corrected chi connectivity index (χ0v) is 11.9. The molecule has 0 fully saturated rings. The van der Waals surface area contributed by atoms with E-state index in [1.807, 2.05) is 0 Å². The molecule has 7 nitrogen and oxygen atoms in total. The van der Waals surface area contributed by atoms with Crippen molar-refractivity contribution >= 4 is 23.7 Å². The zero-order valence-electron chi connectivity index (χ0n) is 11.9. The second-order valence-electron chi connectivity index (χ2n) is 4.39. The Balaban J connectivity index is 4.69. The quantitative estimate of drug-likeness (QED) is 0.625. The van der Waals surface area contributed by atoms with Gasteiger partial charge in [-0.2, -0.15) is 0 Å². The lowest BCUT2D eigenvalue weighted by Gasteiger charge is -2.19. The first-order valence-corrected chi connectivity index (χ1v) is 6.30. The molecule has 114 valence electrons. The van der Waals surface area contributed by atoms with E-state index in [0.717, 1.165) is 0 Å². The first-order valence-electron chi connectivity index (χ1n) is 6.30. The first kappa shape index (κ1) is 18.1. The van der Waals surface area contributed by atoms with Gasteiger partial charge < -0.3 is 14.6 Å². The fourth-order valence-corrected chi connectivity index (χ4v) is 1.60. The summed E-state index contributed by atoms with van der Waals surface area (Å²) in [4.78, 5) is 44.3. The van der Waals surface area contributed by atoms with Crippen molar-refractivity contribution in [2.75, 3.05) is 13.2 Å². The lowest BCUT2D eigenvalue weighted by Crippen LogP contribution is -2.30. The predicted octanol–water partition coefficient (Wildman–Crippen LogP) is 0.799. The van der Waals surface area contributed by atoms with E-state index < -0.39 is 29.7 Å². The highest BCUT2D eigenvalue weighted by molar-refractivity contribution is 5.82. The van der Waals surface area contributed by atoms with Crippen LogP contribution in [-0.2, 0) is 28.7 Å². The molecule has 0 rings (SSSR count). The number of carbonyl (C=O) groups is 4. The van der Waals surface area contributed by atoms with Crippen LogP contribution >= 0.6 is 0 Å². The van der Waals surface area contributed by atoms with Crippen LogP contribution in [0.25, 0.3) is 0 Å². The highest BCUT2D eigenvalue weighted by atomic mass is 16.5. The molecule has 0 saturated heterocycles. The van der Waals surface area contributed by atoms with E-state index in [9.17, 15) is 19.2 Å². The van der Waals surface area contributed by atoms with Crippen molar-refractivity contribution < 1.29 is 33.8 Å². The summed E-state index contributed by atoms with van der Waals surface area (Å²) in [5.41, 5.74) is 0.